The van der Waals surface area contributed by atoms with Crippen LogP contribution in [0.15, 0.2) is 66.7 Å². The number of anilines is 1. The second-order valence-corrected chi connectivity index (χ2v) is 7.23. The molecular formula is C24H28N2O2. The normalized spacial score (nSPS) is 11.0. The Kier molecular flexibility index (Phi) is 7.04. The number of benzene rings is 3. The zero-order valence-electron chi connectivity index (χ0n) is 16.7. The second-order valence-electron chi connectivity index (χ2n) is 7.23. The number of nitrogens with one attached hydrogen (secondary N) is 1. The summed E-state index contributed by atoms with van der Waals surface area (Å²) in [5.74, 6) is 0.884. The summed E-state index contributed by atoms with van der Waals surface area (Å²) in [5.41, 5.74) is 2.11. The number of ether oxygens (including phenoxy) is 1. The third kappa shape index (κ3) is 5.83. The maximum Gasteiger partial charge on any atom is 0.224 e. The van der Waals surface area contributed by atoms with Crippen LogP contribution in [0.3, 0.4) is 0 Å². The summed E-state index contributed by atoms with van der Waals surface area (Å²) in [7, 11) is 4.14. The first-order valence-electron chi connectivity index (χ1n) is 9.76. The standard InChI is InChI=1S/C24H28N2O2/c1-26(2)17-16-19-12-14-21(15-13-19)25-24(27)11-6-18-28-23-10-5-8-20-7-3-4-9-22(20)23/h3-5,7-10,12-15H,6,11,16-18H2,1-2H3,(H,25,27). The van der Waals surface area contributed by atoms with E-state index in [1.807, 2.05) is 36.4 Å². The van der Waals surface area contributed by atoms with Crippen molar-refractivity contribution in [1.29, 1.82) is 0 Å². The first-order valence-corrected chi connectivity index (χ1v) is 9.76. The molecule has 4 heteroatoms. The molecule has 28 heavy (non-hydrogen) atoms. The van der Waals surface area contributed by atoms with Gasteiger partial charge in [0, 0.05) is 24.0 Å². The highest BCUT2D eigenvalue weighted by molar-refractivity contribution is 5.90. The lowest BCUT2D eigenvalue weighted by molar-refractivity contribution is -0.116. The number of carbonyl (C=O) groups excluding carboxylic acids is 1. The molecule has 0 heterocycles. The topological polar surface area (TPSA) is 41.6 Å². The molecule has 0 aromatic heterocycles. The smallest absolute Gasteiger partial charge is 0.224 e. The van der Waals surface area contributed by atoms with Gasteiger partial charge in [-0.3, -0.25) is 4.79 Å². The van der Waals surface area contributed by atoms with Crippen molar-refractivity contribution in [2.75, 3.05) is 32.6 Å². The zero-order chi connectivity index (χ0) is 19.8. The van der Waals surface area contributed by atoms with E-state index in [9.17, 15) is 4.79 Å². The van der Waals surface area contributed by atoms with Gasteiger partial charge in [-0.1, -0.05) is 48.5 Å². The monoisotopic (exact) mass is 376 g/mol. The van der Waals surface area contributed by atoms with Gasteiger partial charge in [0.2, 0.25) is 5.91 Å². The second kappa shape index (κ2) is 9.90. The minimum atomic E-state index is 0.0163. The Bertz CT molecular complexity index is 899. The molecule has 3 rings (SSSR count). The molecule has 0 aliphatic heterocycles. The molecule has 0 aliphatic rings. The van der Waals surface area contributed by atoms with Crippen LogP contribution in [0.1, 0.15) is 18.4 Å². The predicted octanol–water partition coefficient (Wildman–Crippen LogP) is 4.74. The first kappa shape index (κ1) is 19.9. The first-order chi connectivity index (χ1) is 13.6. The Balaban J connectivity index is 1.42. The fraction of sp³-hybridized carbons (Fsp3) is 0.292. The van der Waals surface area contributed by atoms with E-state index in [1.165, 1.54) is 5.56 Å². The van der Waals surface area contributed by atoms with Gasteiger partial charge in [0.15, 0.2) is 0 Å². The lowest BCUT2D eigenvalue weighted by Gasteiger charge is -2.11. The Hall–Kier alpha value is -2.85. The van der Waals surface area contributed by atoms with Crippen molar-refractivity contribution < 1.29 is 9.53 Å². The van der Waals surface area contributed by atoms with Crippen LogP contribution in [0.5, 0.6) is 5.75 Å². The Morgan fingerprint density at radius 3 is 2.50 bits per heavy atom. The molecule has 0 atom stereocenters. The molecule has 0 radical (unpaired) electrons. The van der Waals surface area contributed by atoms with Gasteiger partial charge < -0.3 is 15.0 Å². The number of likely N-dealkylation sites (N-methyl/N-ethyl adjacent to an activating group) is 1. The molecule has 0 unspecified atom stereocenters. The lowest BCUT2D eigenvalue weighted by atomic mass is 10.1. The summed E-state index contributed by atoms with van der Waals surface area (Å²) in [6, 6.07) is 22.3. The summed E-state index contributed by atoms with van der Waals surface area (Å²) in [6.07, 6.45) is 2.12. The van der Waals surface area contributed by atoms with Gasteiger partial charge >= 0.3 is 0 Å². The lowest BCUT2D eigenvalue weighted by Crippen LogP contribution is -2.15. The van der Waals surface area contributed by atoms with Crippen molar-refractivity contribution in [1.82, 2.24) is 4.90 Å². The molecule has 0 spiro atoms. The molecule has 3 aromatic rings. The number of rotatable bonds is 9. The van der Waals surface area contributed by atoms with Crippen LogP contribution in [-0.4, -0.2) is 38.1 Å². The summed E-state index contributed by atoms with van der Waals surface area (Å²) < 4.78 is 5.90. The van der Waals surface area contributed by atoms with Gasteiger partial charge in [-0.25, -0.2) is 0 Å². The number of nitrogens with zero attached hydrogens (tertiary/aromatic N) is 1. The van der Waals surface area contributed by atoms with E-state index < -0.39 is 0 Å². The molecule has 1 amide bonds. The van der Waals surface area contributed by atoms with Crippen LogP contribution in [0, 0.1) is 0 Å². The summed E-state index contributed by atoms with van der Waals surface area (Å²) in [4.78, 5) is 14.3. The van der Waals surface area contributed by atoms with E-state index in [-0.39, 0.29) is 5.91 Å². The molecule has 0 fully saturated rings. The maximum absolute atomic E-state index is 12.2. The van der Waals surface area contributed by atoms with E-state index in [1.54, 1.807) is 0 Å². The van der Waals surface area contributed by atoms with Crippen LogP contribution in [0.25, 0.3) is 10.8 Å². The maximum atomic E-state index is 12.2. The Morgan fingerprint density at radius 1 is 0.964 bits per heavy atom. The SMILES string of the molecule is CN(C)CCc1ccc(NC(=O)CCCOc2cccc3ccccc23)cc1. The third-order valence-corrected chi connectivity index (χ3v) is 4.64. The number of fused-ring (bicyclic) bond motifs is 1. The van der Waals surface area contributed by atoms with Gasteiger partial charge in [-0.05, 0) is 56.1 Å². The molecule has 0 bridgehead atoms. The highest BCUT2D eigenvalue weighted by Crippen LogP contribution is 2.25. The van der Waals surface area contributed by atoms with E-state index in [2.05, 4.69) is 54.6 Å². The summed E-state index contributed by atoms with van der Waals surface area (Å²) >= 11 is 0. The molecule has 0 saturated heterocycles. The number of hydrogen-bond acceptors (Lipinski definition) is 3. The fourth-order valence-corrected chi connectivity index (χ4v) is 3.07. The highest BCUT2D eigenvalue weighted by atomic mass is 16.5. The van der Waals surface area contributed by atoms with E-state index in [0.29, 0.717) is 19.4 Å². The zero-order valence-corrected chi connectivity index (χ0v) is 16.7. The summed E-state index contributed by atoms with van der Waals surface area (Å²) in [6.45, 7) is 1.54. The predicted molar refractivity (Wildman–Crippen MR) is 116 cm³/mol. The van der Waals surface area contributed by atoms with Crippen molar-refractivity contribution in [3.8, 4) is 5.75 Å². The van der Waals surface area contributed by atoms with Crippen LogP contribution in [0.4, 0.5) is 5.69 Å². The van der Waals surface area contributed by atoms with Crippen molar-refractivity contribution in [2.24, 2.45) is 0 Å². The Morgan fingerprint density at radius 2 is 1.71 bits per heavy atom. The minimum Gasteiger partial charge on any atom is -0.493 e. The average molecular weight is 376 g/mol. The molecule has 4 nitrogen and oxygen atoms in total. The van der Waals surface area contributed by atoms with Gasteiger partial charge in [0.05, 0.1) is 6.61 Å². The van der Waals surface area contributed by atoms with Crippen LogP contribution < -0.4 is 10.1 Å². The van der Waals surface area contributed by atoms with Gasteiger partial charge in [-0.15, -0.1) is 0 Å². The molecule has 0 saturated carbocycles. The molecule has 146 valence electrons. The number of amides is 1. The van der Waals surface area contributed by atoms with Crippen molar-refractivity contribution in [3.63, 3.8) is 0 Å². The van der Waals surface area contributed by atoms with Crippen LogP contribution >= 0.6 is 0 Å². The number of carbonyl (C=O) groups is 1. The summed E-state index contributed by atoms with van der Waals surface area (Å²) in [5, 5.41) is 5.22. The van der Waals surface area contributed by atoms with E-state index in [0.717, 1.165) is 35.2 Å². The average Bonchev–Trinajstić information content (AvgIpc) is 2.71. The molecule has 0 aliphatic carbocycles. The molecule has 3 aromatic carbocycles. The van der Waals surface area contributed by atoms with Gasteiger partial charge in [-0.2, -0.15) is 0 Å². The third-order valence-electron chi connectivity index (χ3n) is 4.64. The van der Waals surface area contributed by atoms with Crippen molar-refractivity contribution >= 4 is 22.4 Å². The molecule has 1 N–H and O–H groups in total. The quantitative estimate of drug-likeness (QED) is 0.548. The number of hydrogen-bond donors (Lipinski definition) is 1. The Labute approximate surface area is 167 Å². The molecular weight excluding hydrogens is 348 g/mol. The minimum absolute atomic E-state index is 0.0163. The van der Waals surface area contributed by atoms with E-state index >= 15 is 0 Å². The fourth-order valence-electron chi connectivity index (χ4n) is 3.07. The van der Waals surface area contributed by atoms with E-state index in [4.69, 9.17) is 4.74 Å². The van der Waals surface area contributed by atoms with Crippen molar-refractivity contribution in [3.05, 3.63) is 72.3 Å². The largest absolute Gasteiger partial charge is 0.493 e. The van der Waals surface area contributed by atoms with Gasteiger partial charge in [0.25, 0.3) is 0 Å². The van der Waals surface area contributed by atoms with Gasteiger partial charge in [0.1, 0.15) is 5.75 Å². The van der Waals surface area contributed by atoms with Crippen LogP contribution in [-0.2, 0) is 11.2 Å². The highest BCUT2D eigenvalue weighted by Gasteiger charge is 2.05. The van der Waals surface area contributed by atoms with Crippen molar-refractivity contribution in [2.45, 2.75) is 19.3 Å². The van der Waals surface area contributed by atoms with Crippen LogP contribution in [0.2, 0.25) is 0 Å².